The van der Waals surface area contributed by atoms with Crippen molar-refractivity contribution in [2.75, 3.05) is 0 Å². The number of hydrogen-bond donors (Lipinski definition) is 0. The number of nitroso groups, excluding NO2 is 1. The van der Waals surface area contributed by atoms with Crippen LogP contribution in [-0.2, 0) is 0 Å². The summed E-state index contributed by atoms with van der Waals surface area (Å²) in [7, 11) is 0. The summed E-state index contributed by atoms with van der Waals surface area (Å²) in [5, 5.41) is 3.23. The molecule has 0 aromatic carbocycles. The van der Waals surface area contributed by atoms with Gasteiger partial charge in [0.25, 0.3) is 0 Å². The highest BCUT2D eigenvalue weighted by atomic mass is 16.3. The van der Waals surface area contributed by atoms with E-state index in [2.05, 4.69) is 10.2 Å². The van der Waals surface area contributed by atoms with Crippen molar-refractivity contribution in [1.82, 2.24) is 9.55 Å². The van der Waals surface area contributed by atoms with E-state index in [1.165, 1.54) is 19.3 Å². The molecule has 14 heavy (non-hydrogen) atoms. The zero-order chi connectivity index (χ0) is 9.80. The van der Waals surface area contributed by atoms with Crippen molar-refractivity contribution in [2.24, 2.45) is 11.1 Å². The van der Waals surface area contributed by atoms with Gasteiger partial charge in [-0.3, -0.25) is 0 Å². The van der Waals surface area contributed by atoms with Crippen LogP contribution in [0.25, 0.3) is 0 Å². The molecule has 76 valence electrons. The Morgan fingerprint density at radius 3 is 2.71 bits per heavy atom. The predicted octanol–water partition coefficient (Wildman–Crippen LogP) is 2.73. The van der Waals surface area contributed by atoms with Gasteiger partial charge in [0.2, 0.25) is 0 Å². The van der Waals surface area contributed by atoms with Gasteiger partial charge in [-0.2, -0.15) is 0 Å². The maximum absolute atomic E-state index is 10.8. The first kappa shape index (κ1) is 9.37. The molecule has 1 aliphatic rings. The Kier molecular flexibility index (Phi) is 2.91. The minimum Gasteiger partial charge on any atom is -0.311 e. The maximum Gasteiger partial charge on any atom is 0.170 e. The summed E-state index contributed by atoms with van der Waals surface area (Å²) in [6.45, 7) is 0. The maximum atomic E-state index is 10.8. The SMILES string of the molecule is O=NC(C1CCCCC1)n1ccnc1. The highest BCUT2D eigenvalue weighted by Gasteiger charge is 2.25. The van der Waals surface area contributed by atoms with Crippen molar-refractivity contribution >= 4 is 0 Å². The first-order valence-corrected chi connectivity index (χ1v) is 5.21. The highest BCUT2D eigenvalue weighted by Crippen LogP contribution is 2.33. The third kappa shape index (κ3) is 1.84. The minimum atomic E-state index is -0.238. The number of rotatable bonds is 3. The van der Waals surface area contributed by atoms with Crippen LogP contribution in [-0.4, -0.2) is 9.55 Å². The lowest BCUT2D eigenvalue weighted by Crippen LogP contribution is -2.18. The van der Waals surface area contributed by atoms with Crippen LogP contribution in [0.15, 0.2) is 23.9 Å². The quantitative estimate of drug-likeness (QED) is 0.693. The average Bonchev–Trinajstić information content (AvgIpc) is 2.74. The van der Waals surface area contributed by atoms with Crippen molar-refractivity contribution in [2.45, 2.75) is 38.3 Å². The molecule has 1 aromatic rings. The Morgan fingerprint density at radius 2 is 2.14 bits per heavy atom. The molecule has 2 rings (SSSR count). The van der Waals surface area contributed by atoms with Crippen LogP contribution >= 0.6 is 0 Å². The normalized spacial score (nSPS) is 20.6. The van der Waals surface area contributed by atoms with Crippen LogP contribution in [0, 0.1) is 10.8 Å². The zero-order valence-corrected chi connectivity index (χ0v) is 8.17. The van der Waals surface area contributed by atoms with E-state index in [0.29, 0.717) is 5.92 Å². The summed E-state index contributed by atoms with van der Waals surface area (Å²) in [6, 6.07) is 0. The third-order valence-electron chi connectivity index (χ3n) is 3.01. The van der Waals surface area contributed by atoms with E-state index in [0.717, 1.165) is 12.8 Å². The zero-order valence-electron chi connectivity index (χ0n) is 8.17. The molecule has 1 aliphatic carbocycles. The van der Waals surface area contributed by atoms with Crippen molar-refractivity contribution in [1.29, 1.82) is 0 Å². The second-order valence-corrected chi connectivity index (χ2v) is 3.93. The first-order chi connectivity index (χ1) is 6.92. The molecule has 1 atom stereocenters. The van der Waals surface area contributed by atoms with Gasteiger partial charge < -0.3 is 4.57 Å². The minimum absolute atomic E-state index is 0.238. The standard InChI is InChI=1S/C10H15N3O/c14-12-10(13-7-6-11-8-13)9-4-2-1-3-5-9/h6-10H,1-5H2. The van der Waals surface area contributed by atoms with Gasteiger partial charge in [-0.05, 0) is 18.0 Å². The van der Waals surface area contributed by atoms with E-state index in [4.69, 9.17) is 0 Å². The van der Waals surface area contributed by atoms with Crippen molar-refractivity contribution < 1.29 is 0 Å². The van der Waals surface area contributed by atoms with Gasteiger partial charge in [0.15, 0.2) is 6.17 Å². The molecular formula is C10H15N3O. The molecule has 0 aliphatic heterocycles. The Hall–Kier alpha value is -1.19. The van der Waals surface area contributed by atoms with E-state index in [9.17, 15) is 4.91 Å². The van der Waals surface area contributed by atoms with Gasteiger partial charge in [-0.25, -0.2) is 4.98 Å². The lowest BCUT2D eigenvalue weighted by molar-refractivity contribution is 0.254. The van der Waals surface area contributed by atoms with Crippen LogP contribution in [0.2, 0.25) is 0 Å². The summed E-state index contributed by atoms with van der Waals surface area (Å²) in [6.07, 6.45) is 11.0. The largest absolute Gasteiger partial charge is 0.311 e. The Bertz CT molecular complexity index is 278. The molecule has 4 heteroatoms. The van der Waals surface area contributed by atoms with Crippen molar-refractivity contribution in [3.63, 3.8) is 0 Å². The Labute approximate surface area is 83.3 Å². The van der Waals surface area contributed by atoms with Gasteiger partial charge >= 0.3 is 0 Å². The van der Waals surface area contributed by atoms with Crippen LogP contribution < -0.4 is 0 Å². The van der Waals surface area contributed by atoms with Gasteiger partial charge in [0.05, 0.1) is 6.33 Å². The van der Waals surface area contributed by atoms with E-state index in [-0.39, 0.29) is 6.17 Å². The summed E-state index contributed by atoms with van der Waals surface area (Å²) >= 11 is 0. The van der Waals surface area contributed by atoms with Crippen LogP contribution in [0.3, 0.4) is 0 Å². The molecule has 0 N–H and O–H groups in total. The van der Waals surface area contributed by atoms with Gasteiger partial charge in [0, 0.05) is 18.3 Å². The van der Waals surface area contributed by atoms with Crippen LogP contribution in [0.4, 0.5) is 0 Å². The molecule has 4 nitrogen and oxygen atoms in total. The highest BCUT2D eigenvalue weighted by molar-refractivity contribution is 4.84. The summed E-state index contributed by atoms with van der Waals surface area (Å²) in [5.74, 6) is 0.412. The first-order valence-electron chi connectivity index (χ1n) is 5.21. The topological polar surface area (TPSA) is 47.2 Å². The lowest BCUT2D eigenvalue weighted by Gasteiger charge is -2.25. The van der Waals surface area contributed by atoms with Crippen LogP contribution in [0.5, 0.6) is 0 Å². The number of aromatic nitrogens is 2. The molecule has 1 heterocycles. The molecule has 1 aromatic heterocycles. The fourth-order valence-electron chi connectivity index (χ4n) is 2.24. The Morgan fingerprint density at radius 1 is 1.36 bits per heavy atom. The monoisotopic (exact) mass is 193 g/mol. The van der Waals surface area contributed by atoms with E-state index >= 15 is 0 Å². The summed E-state index contributed by atoms with van der Waals surface area (Å²) < 4.78 is 1.82. The summed E-state index contributed by atoms with van der Waals surface area (Å²) in [4.78, 5) is 14.8. The fourth-order valence-corrected chi connectivity index (χ4v) is 2.24. The molecule has 0 amide bonds. The van der Waals surface area contributed by atoms with Crippen LogP contribution in [0.1, 0.15) is 38.3 Å². The number of hydrogen-bond acceptors (Lipinski definition) is 3. The molecule has 1 saturated carbocycles. The number of imidazole rings is 1. The molecule has 0 saturated heterocycles. The average molecular weight is 193 g/mol. The molecule has 0 radical (unpaired) electrons. The van der Waals surface area contributed by atoms with E-state index in [1.807, 2.05) is 10.8 Å². The molecule has 1 fully saturated rings. The van der Waals surface area contributed by atoms with Crippen molar-refractivity contribution in [3.05, 3.63) is 23.6 Å². The molecule has 0 spiro atoms. The number of nitrogens with zero attached hydrogens (tertiary/aromatic N) is 3. The summed E-state index contributed by atoms with van der Waals surface area (Å²) in [5.41, 5.74) is 0. The predicted molar refractivity (Wildman–Crippen MR) is 53.6 cm³/mol. The fraction of sp³-hybridized carbons (Fsp3) is 0.700. The van der Waals surface area contributed by atoms with E-state index < -0.39 is 0 Å². The second kappa shape index (κ2) is 4.35. The van der Waals surface area contributed by atoms with Crippen molar-refractivity contribution in [3.8, 4) is 0 Å². The second-order valence-electron chi connectivity index (χ2n) is 3.93. The lowest BCUT2D eigenvalue weighted by atomic mass is 9.87. The smallest absolute Gasteiger partial charge is 0.170 e. The molecular weight excluding hydrogens is 178 g/mol. The van der Waals surface area contributed by atoms with Gasteiger partial charge in [-0.15, -0.1) is 4.91 Å². The van der Waals surface area contributed by atoms with Gasteiger partial charge in [0.1, 0.15) is 0 Å². The van der Waals surface area contributed by atoms with Gasteiger partial charge in [-0.1, -0.05) is 19.3 Å². The Balaban J connectivity index is 2.08. The molecule has 1 unspecified atom stereocenters. The van der Waals surface area contributed by atoms with E-state index in [1.54, 1.807) is 12.5 Å². The molecule has 0 bridgehead atoms. The third-order valence-corrected chi connectivity index (χ3v) is 3.01.